The molecule has 3 rings (SSSR count). The van der Waals surface area contributed by atoms with Gasteiger partial charge in [-0.05, 0) is 28.8 Å². The molecular weight excluding hydrogens is 284 g/mol. The number of fused-ring (bicyclic) bond motifs is 1. The van der Waals surface area contributed by atoms with Crippen molar-refractivity contribution in [1.82, 2.24) is 0 Å². The molecule has 22 heavy (non-hydrogen) atoms. The summed E-state index contributed by atoms with van der Waals surface area (Å²) in [6.45, 7) is 0. The Kier molecular flexibility index (Phi) is 3.55. The zero-order valence-electron chi connectivity index (χ0n) is 11.7. The number of aliphatic hydroxyl groups excluding tert-OH is 1. The molecule has 0 spiro atoms. The fourth-order valence-electron chi connectivity index (χ4n) is 2.64. The monoisotopic (exact) mass is 298 g/mol. The van der Waals surface area contributed by atoms with E-state index in [0.717, 1.165) is 10.8 Å². The van der Waals surface area contributed by atoms with E-state index in [9.17, 15) is 14.7 Å². The van der Waals surface area contributed by atoms with Gasteiger partial charge in [-0.2, -0.15) is 0 Å². The van der Waals surface area contributed by atoms with Crippen molar-refractivity contribution in [2.75, 3.05) is 0 Å². The van der Waals surface area contributed by atoms with Crippen LogP contribution in [0.2, 0.25) is 0 Å². The van der Waals surface area contributed by atoms with E-state index in [1.807, 2.05) is 36.4 Å². The summed E-state index contributed by atoms with van der Waals surface area (Å²) in [5.41, 5.74) is 1.02. The fourth-order valence-corrected chi connectivity index (χ4v) is 2.64. The van der Waals surface area contributed by atoms with Crippen molar-refractivity contribution >= 4 is 28.3 Å². The summed E-state index contributed by atoms with van der Waals surface area (Å²) in [6, 6.07) is 13.3. The molecule has 2 aromatic carbocycles. The SMILES string of the molecule is O=C(O)CCC1OC(=O)C(O)=C1c1ccc2ccccc2c1. The lowest BCUT2D eigenvalue weighted by atomic mass is 9.95. The average molecular weight is 298 g/mol. The molecule has 1 unspecified atom stereocenters. The molecule has 0 bridgehead atoms. The molecule has 2 N–H and O–H groups in total. The number of carboxylic acids is 1. The lowest BCUT2D eigenvalue weighted by Crippen LogP contribution is -2.13. The Labute approximate surface area is 126 Å². The Balaban J connectivity index is 2.00. The van der Waals surface area contributed by atoms with Crippen molar-refractivity contribution in [2.24, 2.45) is 0 Å². The minimum Gasteiger partial charge on any atom is -0.502 e. The number of carbonyl (C=O) groups excluding carboxylic acids is 1. The first-order valence-electron chi connectivity index (χ1n) is 6.91. The molecule has 0 saturated carbocycles. The highest BCUT2D eigenvalue weighted by Crippen LogP contribution is 2.34. The van der Waals surface area contributed by atoms with Crippen LogP contribution in [0.4, 0.5) is 0 Å². The third kappa shape index (κ3) is 2.53. The molecule has 1 aliphatic rings. The molecule has 1 aliphatic heterocycles. The molecule has 1 atom stereocenters. The number of hydrogen-bond acceptors (Lipinski definition) is 4. The lowest BCUT2D eigenvalue weighted by Gasteiger charge is -2.13. The van der Waals surface area contributed by atoms with E-state index in [2.05, 4.69) is 0 Å². The fraction of sp³-hybridized carbons (Fsp3) is 0.176. The van der Waals surface area contributed by atoms with E-state index < -0.39 is 23.8 Å². The van der Waals surface area contributed by atoms with Crippen LogP contribution in [0.15, 0.2) is 48.2 Å². The number of hydrogen-bond donors (Lipinski definition) is 2. The molecule has 0 radical (unpaired) electrons. The quantitative estimate of drug-likeness (QED) is 0.848. The van der Waals surface area contributed by atoms with Crippen molar-refractivity contribution in [2.45, 2.75) is 18.9 Å². The van der Waals surface area contributed by atoms with Gasteiger partial charge in [0.15, 0.2) is 0 Å². The summed E-state index contributed by atoms with van der Waals surface area (Å²) in [4.78, 5) is 22.3. The minimum atomic E-state index is -0.972. The topological polar surface area (TPSA) is 83.8 Å². The molecule has 0 aliphatic carbocycles. The van der Waals surface area contributed by atoms with Gasteiger partial charge in [-0.1, -0.05) is 36.4 Å². The van der Waals surface area contributed by atoms with Gasteiger partial charge in [0.1, 0.15) is 6.10 Å². The number of aliphatic carboxylic acids is 1. The van der Waals surface area contributed by atoms with Crippen molar-refractivity contribution in [3.05, 3.63) is 53.8 Å². The number of rotatable bonds is 4. The number of ether oxygens (including phenoxy) is 1. The Morgan fingerprint density at radius 3 is 2.59 bits per heavy atom. The van der Waals surface area contributed by atoms with Crippen LogP contribution in [-0.4, -0.2) is 28.3 Å². The first kappa shape index (κ1) is 14.1. The highest BCUT2D eigenvalue weighted by molar-refractivity contribution is 6.01. The van der Waals surface area contributed by atoms with Crippen LogP contribution < -0.4 is 0 Å². The number of aliphatic hydroxyl groups is 1. The van der Waals surface area contributed by atoms with E-state index in [4.69, 9.17) is 9.84 Å². The van der Waals surface area contributed by atoms with Gasteiger partial charge in [0.25, 0.3) is 0 Å². The summed E-state index contributed by atoms with van der Waals surface area (Å²) in [6.07, 6.45) is -0.736. The van der Waals surface area contributed by atoms with Crippen LogP contribution in [0.1, 0.15) is 18.4 Å². The van der Waals surface area contributed by atoms with Gasteiger partial charge >= 0.3 is 11.9 Å². The molecule has 0 aromatic heterocycles. The number of benzene rings is 2. The molecule has 112 valence electrons. The summed E-state index contributed by atoms with van der Waals surface area (Å²) in [5, 5.41) is 20.8. The van der Waals surface area contributed by atoms with E-state index >= 15 is 0 Å². The summed E-state index contributed by atoms with van der Waals surface area (Å²) in [5.74, 6) is -2.22. The van der Waals surface area contributed by atoms with E-state index in [0.29, 0.717) is 11.1 Å². The van der Waals surface area contributed by atoms with E-state index in [1.54, 1.807) is 6.07 Å². The highest BCUT2D eigenvalue weighted by atomic mass is 16.6. The van der Waals surface area contributed by atoms with Gasteiger partial charge in [-0.15, -0.1) is 0 Å². The van der Waals surface area contributed by atoms with Gasteiger partial charge in [0.2, 0.25) is 5.76 Å². The highest BCUT2D eigenvalue weighted by Gasteiger charge is 2.35. The van der Waals surface area contributed by atoms with Crippen LogP contribution in [0.25, 0.3) is 16.3 Å². The number of cyclic esters (lactones) is 1. The molecule has 2 aromatic rings. The van der Waals surface area contributed by atoms with Crippen molar-refractivity contribution in [3.8, 4) is 0 Å². The first-order chi connectivity index (χ1) is 10.6. The van der Waals surface area contributed by atoms with E-state index in [-0.39, 0.29) is 12.8 Å². The number of esters is 1. The summed E-state index contributed by atoms with van der Waals surface area (Å²) in [7, 11) is 0. The van der Waals surface area contributed by atoms with Gasteiger partial charge in [-0.25, -0.2) is 4.79 Å². The molecule has 0 saturated heterocycles. The minimum absolute atomic E-state index is 0.132. The number of carbonyl (C=O) groups is 2. The third-order valence-electron chi connectivity index (χ3n) is 3.70. The Morgan fingerprint density at radius 1 is 1.14 bits per heavy atom. The lowest BCUT2D eigenvalue weighted by molar-refractivity contribution is -0.144. The number of carboxylic acid groups (broad SMARTS) is 1. The van der Waals surface area contributed by atoms with Crippen molar-refractivity contribution in [1.29, 1.82) is 0 Å². The Morgan fingerprint density at radius 2 is 1.86 bits per heavy atom. The Hall–Kier alpha value is -2.82. The Bertz CT molecular complexity index is 790. The second-order valence-corrected chi connectivity index (χ2v) is 5.15. The van der Waals surface area contributed by atoms with Crippen LogP contribution in [0.5, 0.6) is 0 Å². The van der Waals surface area contributed by atoms with Gasteiger partial charge < -0.3 is 14.9 Å². The predicted octanol–water partition coefficient (Wildman–Crippen LogP) is 2.90. The molecule has 0 fully saturated rings. The molecule has 1 heterocycles. The third-order valence-corrected chi connectivity index (χ3v) is 3.70. The standard InChI is InChI=1S/C17H14O5/c18-14(19)8-7-13-15(16(20)17(21)22-13)12-6-5-10-3-1-2-4-11(10)9-12/h1-6,9,13,20H,7-8H2,(H,18,19). The maximum atomic E-state index is 11.6. The molecule has 5 nitrogen and oxygen atoms in total. The predicted molar refractivity (Wildman–Crippen MR) is 80.2 cm³/mol. The first-order valence-corrected chi connectivity index (χ1v) is 6.91. The smallest absolute Gasteiger partial charge is 0.374 e. The zero-order valence-corrected chi connectivity index (χ0v) is 11.7. The van der Waals surface area contributed by atoms with Crippen molar-refractivity contribution < 1.29 is 24.5 Å². The molecule has 5 heteroatoms. The molecule has 0 amide bonds. The van der Waals surface area contributed by atoms with Crippen LogP contribution in [0, 0.1) is 0 Å². The van der Waals surface area contributed by atoms with Gasteiger partial charge in [0.05, 0.1) is 0 Å². The normalized spacial score (nSPS) is 17.8. The molecular formula is C17H14O5. The average Bonchev–Trinajstić information content (AvgIpc) is 2.79. The maximum absolute atomic E-state index is 11.6. The second kappa shape index (κ2) is 5.52. The maximum Gasteiger partial charge on any atom is 0.374 e. The van der Waals surface area contributed by atoms with Gasteiger partial charge in [0, 0.05) is 12.0 Å². The summed E-state index contributed by atoms with van der Waals surface area (Å²) < 4.78 is 5.08. The second-order valence-electron chi connectivity index (χ2n) is 5.15. The summed E-state index contributed by atoms with van der Waals surface area (Å²) >= 11 is 0. The van der Waals surface area contributed by atoms with Crippen LogP contribution >= 0.6 is 0 Å². The van der Waals surface area contributed by atoms with Gasteiger partial charge in [-0.3, -0.25) is 4.79 Å². The zero-order chi connectivity index (χ0) is 15.7. The van der Waals surface area contributed by atoms with Crippen LogP contribution in [0.3, 0.4) is 0 Å². The van der Waals surface area contributed by atoms with Crippen molar-refractivity contribution in [3.63, 3.8) is 0 Å². The van der Waals surface area contributed by atoms with Crippen LogP contribution in [-0.2, 0) is 14.3 Å². The van der Waals surface area contributed by atoms with E-state index in [1.165, 1.54) is 0 Å². The largest absolute Gasteiger partial charge is 0.502 e.